The highest BCUT2D eigenvalue weighted by molar-refractivity contribution is 5.99. The fourth-order valence-electron chi connectivity index (χ4n) is 1.39. The summed E-state index contributed by atoms with van der Waals surface area (Å²) in [6.45, 7) is 3.85. The van der Waals surface area contributed by atoms with Gasteiger partial charge in [-0.2, -0.15) is 0 Å². The van der Waals surface area contributed by atoms with Crippen molar-refractivity contribution in [2.45, 2.75) is 6.92 Å². The topological polar surface area (TPSA) is 110 Å². The maximum absolute atomic E-state index is 11.8. The van der Waals surface area contributed by atoms with E-state index in [1.165, 1.54) is 18.2 Å². The molecule has 7 nitrogen and oxygen atoms in total. The number of nitrogens with one attached hydrogen (secondary N) is 2. The van der Waals surface area contributed by atoms with Crippen molar-refractivity contribution in [3.63, 3.8) is 0 Å². The van der Waals surface area contributed by atoms with Gasteiger partial charge in [0.05, 0.1) is 10.5 Å². The summed E-state index contributed by atoms with van der Waals surface area (Å²) in [4.78, 5) is 21.8. The van der Waals surface area contributed by atoms with E-state index in [-0.39, 0.29) is 16.9 Å². The minimum Gasteiger partial charge on any atom is -0.398 e. The molecule has 0 aliphatic rings. The van der Waals surface area contributed by atoms with Crippen LogP contribution in [0.4, 0.5) is 11.4 Å². The van der Waals surface area contributed by atoms with E-state index in [0.29, 0.717) is 13.1 Å². The molecule has 0 atom stereocenters. The number of nitro benzene ring substituents is 1. The standard InChI is InChI=1S/C11H16N4O3/c1-2-13-5-6-14-11(16)9-7-8(15(17)18)3-4-10(9)12/h3-4,7,13H,2,5-6,12H2,1H3,(H,14,16). The van der Waals surface area contributed by atoms with E-state index < -0.39 is 10.8 Å². The smallest absolute Gasteiger partial charge is 0.270 e. The quantitative estimate of drug-likeness (QED) is 0.296. The number of hydrogen-bond donors (Lipinski definition) is 3. The van der Waals surface area contributed by atoms with E-state index in [0.717, 1.165) is 6.54 Å². The number of amides is 1. The summed E-state index contributed by atoms with van der Waals surface area (Å²) in [5.74, 6) is -0.408. The maximum atomic E-state index is 11.8. The van der Waals surface area contributed by atoms with Gasteiger partial charge in [0.15, 0.2) is 0 Å². The van der Waals surface area contributed by atoms with E-state index in [1.54, 1.807) is 0 Å². The molecule has 1 amide bonds. The molecule has 4 N–H and O–H groups in total. The fraction of sp³-hybridized carbons (Fsp3) is 0.364. The Morgan fingerprint density at radius 2 is 2.17 bits per heavy atom. The van der Waals surface area contributed by atoms with Crippen molar-refractivity contribution >= 4 is 17.3 Å². The number of non-ortho nitro benzene ring substituents is 1. The molecule has 98 valence electrons. The number of anilines is 1. The molecule has 7 heteroatoms. The number of nitrogens with zero attached hydrogens (tertiary/aromatic N) is 1. The summed E-state index contributed by atoms with van der Waals surface area (Å²) in [6, 6.07) is 3.81. The van der Waals surface area contributed by atoms with Crippen molar-refractivity contribution in [1.29, 1.82) is 0 Å². The SMILES string of the molecule is CCNCCNC(=O)c1cc([N+](=O)[O-])ccc1N. The Hall–Kier alpha value is -2.15. The minimum absolute atomic E-state index is 0.126. The Labute approximate surface area is 105 Å². The van der Waals surface area contributed by atoms with Crippen molar-refractivity contribution in [2.75, 3.05) is 25.4 Å². The Morgan fingerprint density at radius 1 is 1.44 bits per heavy atom. The van der Waals surface area contributed by atoms with Gasteiger partial charge >= 0.3 is 0 Å². The number of likely N-dealkylation sites (N-methyl/N-ethyl adjacent to an activating group) is 1. The van der Waals surface area contributed by atoms with Gasteiger partial charge in [-0.1, -0.05) is 6.92 Å². The maximum Gasteiger partial charge on any atom is 0.270 e. The van der Waals surface area contributed by atoms with Crippen LogP contribution in [-0.4, -0.2) is 30.5 Å². The summed E-state index contributed by atoms with van der Waals surface area (Å²) in [5, 5.41) is 16.3. The first-order chi connectivity index (χ1) is 8.56. The molecular formula is C11H16N4O3. The number of hydrogen-bond acceptors (Lipinski definition) is 5. The number of nitrogen functional groups attached to an aromatic ring is 1. The van der Waals surface area contributed by atoms with E-state index in [2.05, 4.69) is 10.6 Å². The zero-order valence-electron chi connectivity index (χ0n) is 10.1. The lowest BCUT2D eigenvalue weighted by Gasteiger charge is -2.07. The third kappa shape index (κ3) is 3.70. The third-order valence-electron chi connectivity index (χ3n) is 2.33. The molecule has 1 aromatic carbocycles. The van der Waals surface area contributed by atoms with Crippen LogP contribution < -0.4 is 16.4 Å². The van der Waals surface area contributed by atoms with E-state index >= 15 is 0 Å². The second kappa shape index (κ2) is 6.55. The monoisotopic (exact) mass is 252 g/mol. The lowest BCUT2D eigenvalue weighted by atomic mass is 10.1. The van der Waals surface area contributed by atoms with Crippen molar-refractivity contribution in [3.05, 3.63) is 33.9 Å². The lowest BCUT2D eigenvalue weighted by molar-refractivity contribution is -0.384. The first-order valence-corrected chi connectivity index (χ1v) is 5.59. The van der Waals surface area contributed by atoms with Crippen molar-refractivity contribution in [1.82, 2.24) is 10.6 Å². The van der Waals surface area contributed by atoms with Crippen LogP contribution in [0, 0.1) is 10.1 Å². The van der Waals surface area contributed by atoms with Crippen LogP contribution in [0.5, 0.6) is 0 Å². The zero-order chi connectivity index (χ0) is 13.5. The Balaban J connectivity index is 2.72. The molecule has 0 bridgehead atoms. The summed E-state index contributed by atoms with van der Waals surface area (Å²) in [7, 11) is 0. The Kier molecular flexibility index (Phi) is 5.06. The predicted octanol–water partition coefficient (Wildman–Crippen LogP) is 0.516. The number of rotatable bonds is 6. The van der Waals surface area contributed by atoms with Gasteiger partial charge in [-0.25, -0.2) is 0 Å². The van der Waals surface area contributed by atoms with Gasteiger partial charge in [0, 0.05) is 30.9 Å². The molecule has 0 fully saturated rings. The third-order valence-corrected chi connectivity index (χ3v) is 2.33. The zero-order valence-corrected chi connectivity index (χ0v) is 10.1. The largest absolute Gasteiger partial charge is 0.398 e. The first-order valence-electron chi connectivity index (χ1n) is 5.59. The Bertz CT molecular complexity index is 448. The van der Waals surface area contributed by atoms with Gasteiger partial charge < -0.3 is 16.4 Å². The van der Waals surface area contributed by atoms with E-state index in [4.69, 9.17) is 5.73 Å². The molecular weight excluding hydrogens is 236 g/mol. The van der Waals surface area contributed by atoms with Crippen LogP contribution in [0.1, 0.15) is 17.3 Å². The Morgan fingerprint density at radius 3 is 2.78 bits per heavy atom. The van der Waals surface area contributed by atoms with Crippen LogP contribution in [-0.2, 0) is 0 Å². The molecule has 0 radical (unpaired) electrons. The van der Waals surface area contributed by atoms with Gasteiger partial charge in [0.1, 0.15) is 0 Å². The molecule has 0 saturated carbocycles. The molecule has 0 aliphatic heterocycles. The van der Waals surface area contributed by atoms with Crippen LogP contribution >= 0.6 is 0 Å². The van der Waals surface area contributed by atoms with Crippen LogP contribution in [0.25, 0.3) is 0 Å². The second-order valence-electron chi connectivity index (χ2n) is 3.64. The lowest BCUT2D eigenvalue weighted by Crippen LogP contribution is -2.32. The van der Waals surface area contributed by atoms with Gasteiger partial charge in [-0.15, -0.1) is 0 Å². The number of nitrogens with two attached hydrogens (primary N) is 1. The second-order valence-corrected chi connectivity index (χ2v) is 3.64. The molecule has 0 spiro atoms. The van der Waals surface area contributed by atoms with Crippen LogP contribution in [0.3, 0.4) is 0 Å². The van der Waals surface area contributed by atoms with Crippen molar-refractivity contribution in [2.24, 2.45) is 0 Å². The minimum atomic E-state index is -0.561. The molecule has 18 heavy (non-hydrogen) atoms. The van der Waals surface area contributed by atoms with E-state index in [1.807, 2.05) is 6.92 Å². The number of benzene rings is 1. The van der Waals surface area contributed by atoms with Crippen molar-refractivity contribution < 1.29 is 9.72 Å². The summed E-state index contributed by atoms with van der Waals surface area (Å²) < 4.78 is 0. The molecule has 0 heterocycles. The van der Waals surface area contributed by atoms with Crippen LogP contribution in [0.15, 0.2) is 18.2 Å². The first kappa shape index (κ1) is 13.9. The average Bonchev–Trinajstić information content (AvgIpc) is 2.34. The van der Waals surface area contributed by atoms with Crippen LogP contribution in [0.2, 0.25) is 0 Å². The van der Waals surface area contributed by atoms with Gasteiger partial charge in [0.2, 0.25) is 0 Å². The molecule has 0 aromatic heterocycles. The van der Waals surface area contributed by atoms with Gasteiger partial charge in [0.25, 0.3) is 11.6 Å². The van der Waals surface area contributed by atoms with Gasteiger partial charge in [-0.05, 0) is 12.6 Å². The number of carbonyl (C=O) groups excluding carboxylic acids is 1. The highest BCUT2D eigenvalue weighted by Gasteiger charge is 2.14. The predicted molar refractivity (Wildman–Crippen MR) is 68.4 cm³/mol. The summed E-state index contributed by atoms with van der Waals surface area (Å²) >= 11 is 0. The highest BCUT2D eigenvalue weighted by Crippen LogP contribution is 2.19. The van der Waals surface area contributed by atoms with E-state index in [9.17, 15) is 14.9 Å². The molecule has 0 unspecified atom stereocenters. The summed E-state index contributed by atoms with van der Waals surface area (Å²) in [5.41, 5.74) is 5.82. The van der Waals surface area contributed by atoms with Gasteiger partial charge in [-0.3, -0.25) is 14.9 Å². The molecule has 1 rings (SSSR count). The fourth-order valence-corrected chi connectivity index (χ4v) is 1.39. The summed E-state index contributed by atoms with van der Waals surface area (Å²) in [6.07, 6.45) is 0. The molecule has 0 aliphatic carbocycles. The molecule has 1 aromatic rings. The normalized spacial score (nSPS) is 10.1. The average molecular weight is 252 g/mol. The molecule has 0 saturated heterocycles. The number of nitro groups is 1. The highest BCUT2D eigenvalue weighted by atomic mass is 16.6. The number of carbonyl (C=O) groups is 1. The van der Waals surface area contributed by atoms with Crippen molar-refractivity contribution in [3.8, 4) is 0 Å².